The van der Waals surface area contributed by atoms with Crippen molar-refractivity contribution < 1.29 is 30.0 Å². The number of hydrogen-bond acceptors (Lipinski definition) is 6. The molecule has 96 valence electrons. The normalized spacial score (nSPS) is 12.5. The first-order valence-electron chi connectivity index (χ1n) is 5.01. The molecule has 17 heavy (non-hydrogen) atoms. The third kappa shape index (κ3) is 31.4. The van der Waals surface area contributed by atoms with Gasteiger partial charge in [0, 0.05) is 11.9 Å². The summed E-state index contributed by atoms with van der Waals surface area (Å²) in [6.07, 6.45) is -0.624. The Morgan fingerprint density at radius 3 is 1.24 bits per heavy atom. The third-order valence-electron chi connectivity index (χ3n) is 1.53. The molecule has 0 aliphatic carbocycles. The van der Waals surface area contributed by atoms with Crippen LogP contribution in [-0.4, -0.2) is 72.1 Å². The van der Waals surface area contributed by atoms with Crippen molar-refractivity contribution in [3.05, 3.63) is 0 Å². The molecule has 6 nitrogen and oxygen atoms in total. The summed E-state index contributed by atoms with van der Waals surface area (Å²) in [7, 11) is 0. The summed E-state index contributed by atoms with van der Waals surface area (Å²) in [4.78, 5) is 19.4. The Kier molecular flexibility index (Phi) is 18.6. The molecule has 2 unspecified atom stereocenters. The third-order valence-corrected chi connectivity index (χ3v) is 1.53. The molecule has 0 aromatic rings. The molecule has 0 aromatic carbocycles. The standard InChI is InChI=1S/2C5H10O3.Ca/c2*1-4(6)2-3-5(7)8;/h2*4,6H,2-3H2,1H3,(H,7,8);/q;;+2/p-2. The Morgan fingerprint density at radius 2 is 1.18 bits per heavy atom. The average Bonchev–Trinajstić information content (AvgIpc) is 2.12. The van der Waals surface area contributed by atoms with Crippen LogP contribution in [0.4, 0.5) is 0 Å². The van der Waals surface area contributed by atoms with E-state index in [1.807, 2.05) is 0 Å². The van der Waals surface area contributed by atoms with Crippen molar-refractivity contribution in [2.75, 3.05) is 0 Å². The first-order valence-corrected chi connectivity index (χ1v) is 5.01. The predicted octanol–water partition coefficient (Wildman–Crippen LogP) is -2.59. The molecule has 0 saturated heterocycles. The van der Waals surface area contributed by atoms with Crippen molar-refractivity contribution in [3.8, 4) is 0 Å². The maximum atomic E-state index is 9.68. The molecule has 0 bridgehead atoms. The summed E-state index contributed by atoms with van der Waals surface area (Å²) >= 11 is 0. The second-order valence-corrected chi connectivity index (χ2v) is 3.52. The van der Waals surface area contributed by atoms with Crippen LogP contribution in [0.15, 0.2) is 0 Å². The van der Waals surface area contributed by atoms with Crippen LogP contribution in [0.1, 0.15) is 39.5 Å². The molecule has 0 fully saturated rings. The summed E-state index contributed by atoms with van der Waals surface area (Å²) in [5.41, 5.74) is 0. The van der Waals surface area contributed by atoms with Gasteiger partial charge in [0.15, 0.2) is 0 Å². The van der Waals surface area contributed by atoms with Crippen molar-refractivity contribution in [1.82, 2.24) is 0 Å². The fourth-order valence-corrected chi connectivity index (χ4v) is 0.653. The van der Waals surface area contributed by atoms with E-state index in [1.54, 1.807) is 13.8 Å². The minimum absolute atomic E-state index is 0. The van der Waals surface area contributed by atoms with Gasteiger partial charge in [0.25, 0.3) is 0 Å². The van der Waals surface area contributed by atoms with Crippen LogP contribution < -0.4 is 10.2 Å². The summed E-state index contributed by atoms with van der Waals surface area (Å²) < 4.78 is 0. The van der Waals surface area contributed by atoms with Crippen LogP contribution in [0, 0.1) is 0 Å². The fraction of sp³-hybridized carbons (Fsp3) is 0.800. The first-order chi connectivity index (χ1) is 7.25. The monoisotopic (exact) mass is 274 g/mol. The van der Waals surface area contributed by atoms with Gasteiger partial charge in [0.05, 0.1) is 12.2 Å². The van der Waals surface area contributed by atoms with Gasteiger partial charge >= 0.3 is 37.7 Å². The molecule has 7 heteroatoms. The zero-order valence-electron chi connectivity index (χ0n) is 10.2. The van der Waals surface area contributed by atoms with Crippen LogP contribution in [0.25, 0.3) is 0 Å². The number of carbonyl (C=O) groups is 2. The van der Waals surface area contributed by atoms with Gasteiger partial charge in [-0.1, -0.05) is 0 Å². The van der Waals surface area contributed by atoms with E-state index in [1.165, 1.54) is 0 Å². The smallest absolute Gasteiger partial charge is 0.550 e. The molecule has 0 spiro atoms. The van der Waals surface area contributed by atoms with Crippen LogP contribution in [0.3, 0.4) is 0 Å². The topological polar surface area (TPSA) is 121 Å². The quantitative estimate of drug-likeness (QED) is 0.513. The summed E-state index contributed by atoms with van der Waals surface area (Å²) in [6.45, 7) is 3.09. The van der Waals surface area contributed by atoms with Crippen molar-refractivity contribution in [1.29, 1.82) is 0 Å². The maximum absolute atomic E-state index is 9.68. The first kappa shape index (κ1) is 22.3. The Bertz CT molecular complexity index is 183. The number of rotatable bonds is 6. The molecule has 0 heterocycles. The number of carboxylic acids is 2. The van der Waals surface area contributed by atoms with Crippen LogP contribution in [0.2, 0.25) is 0 Å². The Balaban J connectivity index is -0.000000218. The van der Waals surface area contributed by atoms with E-state index in [-0.39, 0.29) is 63.4 Å². The number of aliphatic hydroxyl groups excluding tert-OH is 2. The Labute approximate surface area is 131 Å². The van der Waals surface area contributed by atoms with E-state index in [0.29, 0.717) is 0 Å². The molecule has 0 amide bonds. The van der Waals surface area contributed by atoms with Gasteiger partial charge in [-0.15, -0.1) is 0 Å². The molecular formula is C10H18CaO6. The maximum Gasteiger partial charge on any atom is 2.00 e. The van der Waals surface area contributed by atoms with Gasteiger partial charge in [0.2, 0.25) is 0 Å². The van der Waals surface area contributed by atoms with Gasteiger partial charge in [-0.25, -0.2) is 0 Å². The molecule has 0 aliphatic heterocycles. The van der Waals surface area contributed by atoms with Crippen molar-refractivity contribution in [3.63, 3.8) is 0 Å². The molecule has 2 atom stereocenters. The van der Waals surface area contributed by atoms with E-state index in [9.17, 15) is 19.8 Å². The van der Waals surface area contributed by atoms with Gasteiger partial charge in [-0.05, 0) is 39.5 Å². The largest absolute Gasteiger partial charge is 2.00 e. The molecule has 0 aromatic heterocycles. The van der Waals surface area contributed by atoms with Gasteiger partial charge in [-0.3, -0.25) is 0 Å². The summed E-state index contributed by atoms with van der Waals surface area (Å²) in [5, 5.41) is 36.4. The zero-order valence-corrected chi connectivity index (χ0v) is 12.4. The van der Waals surface area contributed by atoms with E-state index in [2.05, 4.69) is 0 Å². The van der Waals surface area contributed by atoms with Gasteiger partial charge in [-0.2, -0.15) is 0 Å². The van der Waals surface area contributed by atoms with Crippen molar-refractivity contribution in [2.45, 2.75) is 51.7 Å². The molecule has 0 saturated carbocycles. The molecule has 0 rings (SSSR count). The van der Waals surface area contributed by atoms with E-state index in [0.717, 1.165) is 0 Å². The number of aliphatic hydroxyl groups is 2. The number of aliphatic carboxylic acids is 2. The molecule has 0 radical (unpaired) electrons. The van der Waals surface area contributed by atoms with E-state index in [4.69, 9.17) is 10.2 Å². The molecule has 0 aliphatic rings. The fourth-order valence-electron chi connectivity index (χ4n) is 0.653. The SMILES string of the molecule is CC(O)CCC(=O)[O-].CC(O)CCC(=O)[O-].[Ca+2]. The van der Waals surface area contributed by atoms with Crippen LogP contribution in [0.5, 0.6) is 0 Å². The number of hydrogen-bond donors (Lipinski definition) is 2. The van der Waals surface area contributed by atoms with Crippen LogP contribution in [-0.2, 0) is 9.59 Å². The predicted molar refractivity (Wildman–Crippen MR) is 57.6 cm³/mol. The second kappa shape index (κ2) is 14.2. The van der Waals surface area contributed by atoms with Crippen molar-refractivity contribution in [2.24, 2.45) is 0 Å². The molecule has 2 N–H and O–H groups in total. The summed E-state index contributed by atoms with van der Waals surface area (Å²) in [6, 6.07) is 0. The van der Waals surface area contributed by atoms with E-state index >= 15 is 0 Å². The van der Waals surface area contributed by atoms with Gasteiger partial charge in [0.1, 0.15) is 0 Å². The zero-order chi connectivity index (χ0) is 13.1. The molecular weight excluding hydrogens is 256 g/mol. The minimum atomic E-state index is -1.11. The number of carboxylic acid groups (broad SMARTS) is 2. The Hall–Kier alpha value is 0.120. The summed E-state index contributed by atoms with van der Waals surface area (Å²) in [5.74, 6) is -2.21. The average molecular weight is 274 g/mol. The van der Waals surface area contributed by atoms with Gasteiger partial charge < -0.3 is 30.0 Å². The Morgan fingerprint density at radius 1 is 0.941 bits per heavy atom. The number of carbonyl (C=O) groups excluding carboxylic acids is 2. The van der Waals surface area contributed by atoms with Crippen molar-refractivity contribution >= 4 is 49.7 Å². The van der Waals surface area contributed by atoms with Crippen LogP contribution >= 0.6 is 0 Å². The van der Waals surface area contributed by atoms with E-state index < -0.39 is 24.1 Å². The minimum Gasteiger partial charge on any atom is -0.550 e. The second-order valence-electron chi connectivity index (χ2n) is 3.52.